The van der Waals surface area contributed by atoms with Crippen LogP contribution in [-0.2, 0) is 9.53 Å². The minimum Gasteiger partial charge on any atom is -0.463 e. The summed E-state index contributed by atoms with van der Waals surface area (Å²) in [6.45, 7) is 4.66. The molecule has 1 aliphatic rings. The van der Waals surface area contributed by atoms with Crippen LogP contribution in [0.4, 0.5) is 0 Å². The molecule has 2 aromatic rings. The largest absolute Gasteiger partial charge is 0.463 e. The van der Waals surface area contributed by atoms with Crippen LogP contribution in [0.15, 0.2) is 54.6 Å². The third-order valence-electron chi connectivity index (χ3n) is 4.86. The first-order valence-corrected chi connectivity index (χ1v) is 9.61. The Morgan fingerprint density at radius 1 is 1.00 bits per heavy atom. The van der Waals surface area contributed by atoms with E-state index in [0.717, 1.165) is 13.1 Å². The first-order valence-electron chi connectivity index (χ1n) is 9.23. The molecule has 0 aliphatic carbocycles. The van der Waals surface area contributed by atoms with Crippen molar-refractivity contribution in [3.8, 4) is 0 Å². The van der Waals surface area contributed by atoms with Gasteiger partial charge < -0.3 is 9.84 Å². The number of halogens is 1. The Morgan fingerprint density at radius 2 is 1.56 bits per heavy atom. The van der Waals surface area contributed by atoms with Gasteiger partial charge in [0.1, 0.15) is 0 Å². The van der Waals surface area contributed by atoms with Gasteiger partial charge in [-0.15, -0.1) is 0 Å². The highest BCUT2D eigenvalue weighted by Gasteiger charge is 2.31. The van der Waals surface area contributed by atoms with Crippen LogP contribution < -0.4 is 0 Å². The van der Waals surface area contributed by atoms with Gasteiger partial charge in [0.2, 0.25) is 6.23 Å². The lowest BCUT2D eigenvalue weighted by Gasteiger charge is -2.40. The van der Waals surface area contributed by atoms with Gasteiger partial charge in [-0.3, -0.25) is 9.80 Å². The Morgan fingerprint density at radius 3 is 2.15 bits per heavy atom. The van der Waals surface area contributed by atoms with Crippen LogP contribution in [0.5, 0.6) is 0 Å². The van der Waals surface area contributed by atoms with Gasteiger partial charge >= 0.3 is 5.97 Å². The van der Waals surface area contributed by atoms with E-state index < -0.39 is 12.2 Å². The van der Waals surface area contributed by atoms with Gasteiger partial charge in [0.15, 0.2) is 0 Å². The number of aliphatic hydroxyl groups is 1. The van der Waals surface area contributed by atoms with Gasteiger partial charge in [-0.1, -0.05) is 54.1 Å². The summed E-state index contributed by atoms with van der Waals surface area (Å²) in [5.41, 5.74) is 2.38. The fourth-order valence-electron chi connectivity index (χ4n) is 3.50. The minimum absolute atomic E-state index is 0.102. The maximum atomic E-state index is 11.8. The summed E-state index contributed by atoms with van der Waals surface area (Å²) >= 11 is 6.07. The van der Waals surface area contributed by atoms with E-state index in [1.807, 2.05) is 30.3 Å². The van der Waals surface area contributed by atoms with E-state index >= 15 is 0 Å². The molecule has 1 N–H and O–H groups in total. The van der Waals surface area contributed by atoms with Crippen molar-refractivity contribution in [1.29, 1.82) is 0 Å². The molecule has 2 unspecified atom stereocenters. The lowest BCUT2D eigenvalue weighted by Crippen LogP contribution is -2.53. The molecule has 1 aliphatic heterocycles. The third kappa shape index (κ3) is 4.87. The van der Waals surface area contributed by atoms with Crippen molar-refractivity contribution in [2.45, 2.75) is 19.2 Å². The summed E-state index contributed by atoms with van der Waals surface area (Å²) < 4.78 is 4.92. The fourth-order valence-corrected chi connectivity index (χ4v) is 3.63. The highest BCUT2D eigenvalue weighted by molar-refractivity contribution is 6.30. The van der Waals surface area contributed by atoms with Gasteiger partial charge in [-0.25, -0.2) is 4.79 Å². The van der Waals surface area contributed by atoms with Crippen LogP contribution in [0.25, 0.3) is 0 Å². The second-order valence-corrected chi connectivity index (χ2v) is 7.00. The Hall–Kier alpha value is -1.92. The smallest absolute Gasteiger partial charge is 0.350 e. The zero-order chi connectivity index (χ0) is 19.2. The highest BCUT2D eigenvalue weighted by Crippen LogP contribution is 2.30. The Labute approximate surface area is 165 Å². The van der Waals surface area contributed by atoms with E-state index in [4.69, 9.17) is 16.3 Å². The summed E-state index contributed by atoms with van der Waals surface area (Å²) in [6, 6.07) is 18.4. The molecule has 0 amide bonds. The van der Waals surface area contributed by atoms with Crippen LogP contribution in [0.1, 0.15) is 24.1 Å². The number of esters is 1. The van der Waals surface area contributed by atoms with E-state index in [2.05, 4.69) is 29.2 Å². The maximum absolute atomic E-state index is 11.8. The summed E-state index contributed by atoms with van der Waals surface area (Å²) in [4.78, 5) is 15.9. The number of rotatable bonds is 6. The summed E-state index contributed by atoms with van der Waals surface area (Å²) in [7, 11) is 0. The standard InChI is InChI=1S/C21H25ClN2O3/c1-2-27-21(26)20(25)24-14-12-23(13-15-24)19(16-6-4-3-5-7-16)17-8-10-18(22)11-9-17/h3-11,19-20,25H,2,12-15H2,1H3. The van der Waals surface area contributed by atoms with E-state index in [-0.39, 0.29) is 12.6 Å². The normalized spacial score (nSPS) is 18.0. The summed E-state index contributed by atoms with van der Waals surface area (Å²) in [6.07, 6.45) is -1.20. The molecule has 1 fully saturated rings. The number of piperazine rings is 1. The number of aliphatic hydroxyl groups excluding tert-OH is 1. The minimum atomic E-state index is -1.20. The third-order valence-corrected chi connectivity index (χ3v) is 5.11. The number of benzene rings is 2. The average Bonchev–Trinajstić information content (AvgIpc) is 2.71. The highest BCUT2D eigenvalue weighted by atomic mass is 35.5. The van der Waals surface area contributed by atoms with Crippen LogP contribution in [0.3, 0.4) is 0 Å². The molecule has 5 nitrogen and oxygen atoms in total. The number of ether oxygens (including phenoxy) is 1. The first kappa shape index (κ1) is 19.8. The van der Waals surface area contributed by atoms with Crippen LogP contribution in [-0.4, -0.2) is 59.9 Å². The number of hydrogen-bond acceptors (Lipinski definition) is 5. The zero-order valence-electron chi connectivity index (χ0n) is 15.4. The molecule has 3 rings (SSSR count). The lowest BCUT2D eigenvalue weighted by molar-refractivity contribution is -0.166. The van der Waals surface area contributed by atoms with Crippen LogP contribution >= 0.6 is 11.6 Å². The van der Waals surface area contributed by atoms with E-state index in [9.17, 15) is 9.90 Å². The molecule has 6 heteroatoms. The van der Waals surface area contributed by atoms with E-state index in [1.165, 1.54) is 11.1 Å². The number of nitrogens with zero attached hydrogens (tertiary/aromatic N) is 2. The molecular formula is C21H25ClN2O3. The number of carbonyl (C=O) groups is 1. The topological polar surface area (TPSA) is 53.0 Å². The quantitative estimate of drug-likeness (QED) is 0.771. The Kier molecular flexibility index (Phi) is 6.85. The monoisotopic (exact) mass is 388 g/mol. The predicted molar refractivity (Wildman–Crippen MR) is 106 cm³/mol. The molecule has 2 aromatic carbocycles. The zero-order valence-corrected chi connectivity index (χ0v) is 16.2. The first-order chi connectivity index (χ1) is 13.1. The van der Waals surface area contributed by atoms with Gasteiger partial charge in [0.05, 0.1) is 12.6 Å². The van der Waals surface area contributed by atoms with Gasteiger partial charge in [-0.2, -0.15) is 0 Å². The van der Waals surface area contributed by atoms with Crippen molar-refractivity contribution in [3.05, 3.63) is 70.7 Å². The maximum Gasteiger partial charge on any atom is 0.350 e. The second-order valence-electron chi connectivity index (χ2n) is 6.56. The Balaban J connectivity index is 1.75. The van der Waals surface area contributed by atoms with Gasteiger partial charge in [-0.05, 0) is 30.2 Å². The van der Waals surface area contributed by atoms with Crippen molar-refractivity contribution in [2.24, 2.45) is 0 Å². The number of carbonyl (C=O) groups excluding carboxylic acids is 1. The van der Waals surface area contributed by atoms with Gasteiger partial charge in [0, 0.05) is 31.2 Å². The lowest BCUT2D eigenvalue weighted by atomic mass is 9.96. The fraction of sp³-hybridized carbons (Fsp3) is 0.381. The average molecular weight is 389 g/mol. The van der Waals surface area contributed by atoms with Crippen LogP contribution in [0, 0.1) is 0 Å². The van der Waals surface area contributed by atoms with E-state index in [1.54, 1.807) is 11.8 Å². The van der Waals surface area contributed by atoms with Crippen molar-refractivity contribution in [3.63, 3.8) is 0 Å². The molecule has 144 valence electrons. The van der Waals surface area contributed by atoms with Crippen LogP contribution in [0.2, 0.25) is 5.02 Å². The molecule has 2 atom stereocenters. The molecule has 0 aromatic heterocycles. The molecule has 0 saturated carbocycles. The molecule has 27 heavy (non-hydrogen) atoms. The number of hydrogen-bond donors (Lipinski definition) is 1. The van der Waals surface area contributed by atoms with Gasteiger partial charge in [0.25, 0.3) is 0 Å². The van der Waals surface area contributed by atoms with Crippen molar-refractivity contribution in [2.75, 3.05) is 32.8 Å². The van der Waals surface area contributed by atoms with Crippen molar-refractivity contribution < 1.29 is 14.6 Å². The second kappa shape index (κ2) is 9.33. The van der Waals surface area contributed by atoms with Crippen molar-refractivity contribution >= 4 is 17.6 Å². The summed E-state index contributed by atoms with van der Waals surface area (Å²) in [5.74, 6) is -0.580. The molecule has 1 heterocycles. The van der Waals surface area contributed by atoms with E-state index in [0.29, 0.717) is 18.1 Å². The van der Waals surface area contributed by atoms with Crippen molar-refractivity contribution in [1.82, 2.24) is 9.80 Å². The molecule has 1 saturated heterocycles. The summed E-state index contributed by atoms with van der Waals surface area (Å²) in [5, 5.41) is 10.9. The molecular weight excluding hydrogens is 364 g/mol. The predicted octanol–water partition coefficient (Wildman–Crippen LogP) is 2.93. The molecule has 0 bridgehead atoms. The SMILES string of the molecule is CCOC(=O)C(O)N1CCN(C(c2ccccc2)c2ccc(Cl)cc2)CC1. The molecule has 0 spiro atoms. The Bertz CT molecular complexity index is 731. The molecule has 0 radical (unpaired) electrons.